The van der Waals surface area contributed by atoms with E-state index in [1.54, 1.807) is 0 Å². The highest BCUT2D eigenvalue weighted by Crippen LogP contribution is 2.15. The average molecular weight is 321 g/mol. The number of hydrogen-bond acceptors (Lipinski definition) is 5. The van der Waals surface area contributed by atoms with Gasteiger partial charge in [-0.25, -0.2) is 5.84 Å². The summed E-state index contributed by atoms with van der Waals surface area (Å²) in [4.78, 5) is 25.1. The van der Waals surface area contributed by atoms with Gasteiger partial charge in [0.2, 0.25) is 0 Å². The summed E-state index contributed by atoms with van der Waals surface area (Å²) in [6, 6.07) is 7.64. The Balaban J connectivity index is 2.16. The Morgan fingerprint density at radius 2 is 1.48 bits per heavy atom. The molecule has 0 unspecified atom stereocenters. The highest BCUT2D eigenvalue weighted by molar-refractivity contribution is 5.96. The number of hydrogen-bond donors (Lipinski definition) is 2. The number of hydroxylamine groups is 1. The van der Waals surface area contributed by atoms with Gasteiger partial charge in [0.15, 0.2) is 5.78 Å². The van der Waals surface area contributed by atoms with E-state index in [2.05, 4.69) is 0 Å². The minimum absolute atomic E-state index is 0.139. The lowest BCUT2D eigenvalue weighted by molar-refractivity contribution is -0.166. The van der Waals surface area contributed by atoms with Crippen LogP contribution in [-0.2, 0) is 4.79 Å². The molecule has 6 heteroatoms. The lowest BCUT2D eigenvalue weighted by atomic mass is 10.0. The number of benzene rings is 1. The van der Waals surface area contributed by atoms with E-state index < -0.39 is 5.91 Å². The molecular formula is C17H27N3O3. The fraction of sp³-hybridized carbons (Fsp3) is 0.529. The van der Waals surface area contributed by atoms with Gasteiger partial charge in [0.05, 0.1) is 0 Å². The zero-order valence-corrected chi connectivity index (χ0v) is 14.0. The van der Waals surface area contributed by atoms with Gasteiger partial charge in [-0.3, -0.25) is 14.8 Å². The second-order valence-corrected chi connectivity index (χ2v) is 5.87. The maximum atomic E-state index is 12.1. The van der Waals surface area contributed by atoms with Crippen LogP contribution in [0.2, 0.25) is 0 Å². The summed E-state index contributed by atoms with van der Waals surface area (Å²) in [6.07, 6.45) is 5.18. The molecule has 0 aliphatic rings. The van der Waals surface area contributed by atoms with Crippen molar-refractivity contribution in [2.75, 3.05) is 19.0 Å². The molecule has 0 spiro atoms. The minimum atomic E-state index is -0.471. The van der Waals surface area contributed by atoms with Crippen LogP contribution in [0.5, 0.6) is 0 Å². The van der Waals surface area contributed by atoms with Crippen molar-refractivity contribution >= 4 is 17.4 Å². The zero-order chi connectivity index (χ0) is 17.2. The molecule has 0 aromatic heterocycles. The summed E-state index contributed by atoms with van der Waals surface area (Å²) in [6.45, 7) is 0. The Bertz CT molecular complexity index is 498. The first-order valence-corrected chi connectivity index (χ1v) is 7.99. The number of nitrogens with two attached hydrogens (primary N) is 1. The van der Waals surface area contributed by atoms with Crippen molar-refractivity contribution in [3.8, 4) is 0 Å². The molecule has 0 heterocycles. The Labute approximate surface area is 137 Å². The number of Topliss-reactive ketones (excluding diaryl/α,β-unsaturated/α-hetero) is 1. The van der Waals surface area contributed by atoms with Crippen molar-refractivity contribution in [1.29, 1.82) is 0 Å². The molecule has 6 nitrogen and oxygen atoms in total. The third kappa shape index (κ3) is 7.25. The SMILES string of the molecule is CN(C)c1ccc(C(=O)CCCCCCCC(=O)N(N)O)cc1. The molecule has 1 amide bonds. The maximum Gasteiger partial charge on any atom is 0.260 e. The van der Waals surface area contributed by atoms with Crippen LogP contribution in [0.4, 0.5) is 5.69 Å². The highest BCUT2D eigenvalue weighted by Gasteiger charge is 2.07. The topological polar surface area (TPSA) is 86.9 Å². The van der Waals surface area contributed by atoms with Gasteiger partial charge < -0.3 is 4.90 Å². The van der Waals surface area contributed by atoms with Gasteiger partial charge in [-0.1, -0.05) is 19.3 Å². The number of unbranched alkanes of at least 4 members (excludes halogenated alkanes) is 4. The Kier molecular flexibility index (Phi) is 8.29. The largest absolute Gasteiger partial charge is 0.378 e. The van der Waals surface area contributed by atoms with Gasteiger partial charge >= 0.3 is 0 Å². The highest BCUT2D eigenvalue weighted by atomic mass is 16.5. The number of amides is 1. The van der Waals surface area contributed by atoms with Crippen LogP contribution < -0.4 is 10.7 Å². The van der Waals surface area contributed by atoms with E-state index in [0.29, 0.717) is 12.8 Å². The van der Waals surface area contributed by atoms with Gasteiger partial charge in [-0.15, -0.1) is 0 Å². The molecule has 0 saturated heterocycles. The van der Waals surface area contributed by atoms with Gasteiger partial charge in [-0.05, 0) is 37.1 Å². The fourth-order valence-electron chi connectivity index (χ4n) is 2.30. The van der Waals surface area contributed by atoms with E-state index in [0.717, 1.165) is 36.9 Å². The van der Waals surface area contributed by atoms with Crippen molar-refractivity contribution in [2.24, 2.45) is 5.84 Å². The van der Waals surface area contributed by atoms with Gasteiger partial charge in [-0.2, -0.15) is 5.17 Å². The number of nitrogens with zero attached hydrogens (tertiary/aromatic N) is 2. The predicted octanol–water partition coefficient (Wildman–Crippen LogP) is 2.76. The number of rotatable bonds is 10. The molecule has 0 radical (unpaired) electrons. The smallest absolute Gasteiger partial charge is 0.260 e. The molecule has 23 heavy (non-hydrogen) atoms. The second-order valence-electron chi connectivity index (χ2n) is 5.87. The van der Waals surface area contributed by atoms with Crippen molar-refractivity contribution in [2.45, 2.75) is 44.9 Å². The summed E-state index contributed by atoms with van der Waals surface area (Å²) in [5, 5.41) is 8.84. The summed E-state index contributed by atoms with van der Waals surface area (Å²) < 4.78 is 0. The van der Waals surface area contributed by atoms with Crippen LogP contribution in [0.25, 0.3) is 0 Å². The molecule has 0 aliphatic heterocycles. The van der Waals surface area contributed by atoms with E-state index in [-0.39, 0.29) is 17.4 Å². The number of hydrazine groups is 1. The van der Waals surface area contributed by atoms with E-state index in [1.807, 2.05) is 43.3 Å². The fourth-order valence-corrected chi connectivity index (χ4v) is 2.30. The minimum Gasteiger partial charge on any atom is -0.378 e. The molecule has 0 bridgehead atoms. The lowest BCUT2D eigenvalue weighted by Gasteiger charge is -2.12. The number of anilines is 1. The number of carbonyl (C=O) groups is 2. The van der Waals surface area contributed by atoms with E-state index in [1.165, 1.54) is 0 Å². The first kappa shape index (κ1) is 19.1. The van der Waals surface area contributed by atoms with Gasteiger partial charge in [0.1, 0.15) is 0 Å². The molecule has 0 aliphatic carbocycles. The van der Waals surface area contributed by atoms with Crippen molar-refractivity contribution in [1.82, 2.24) is 5.17 Å². The third-order valence-corrected chi connectivity index (χ3v) is 3.76. The van der Waals surface area contributed by atoms with Crippen molar-refractivity contribution in [3.05, 3.63) is 29.8 Å². The second kappa shape index (κ2) is 9.97. The van der Waals surface area contributed by atoms with Crippen molar-refractivity contribution in [3.63, 3.8) is 0 Å². The summed E-state index contributed by atoms with van der Waals surface area (Å²) in [7, 11) is 3.94. The monoisotopic (exact) mass is 321 g/mol. The maximum absolute atomic E-state index is 12.1. The van der Waals surface area contributed by atoms with Crippen LogP contribution in [-0.4, -0.2) is 36.2 Å². The molecule has 1 aromatic carbocycles. The Hall–Kier alpha value is -1.92. The summed E-state index contributed by atoms with van der Waals surface area (Å²) in [5.74, 6) is 4.61. The van der Waals surface area contributed by atoms with E-state index >= 15 is 0 Å². The normalized spacial score (nSPS) is 10.4. The average Bonchev–Trinajstić information content (AvgIpc) is 2.53. The van der Waals surface area contributed by atoms with Crippen LogP contribution in [0, 0.1) is 0 Å². The van der Waals surface area contributed by atoms with Gasteiger partial charge in [0.25, 0.3) is 5.91 Å². The quantitative estimate of drug-likeness (QED) is 0.173. The summed E-state index contributed by atoms with van der Waals surface area (Å²) in [5.41, 5.74) is 1.84. The molecule has 0 fully saturated rings. The Morgan fingerprint density at radius 1 is 0.957 bits per heavy atom. The van der Waals surface area contributed by atoms with Gasteiger partial charge in [0, 0.05) is 38.2 Å². The van der Waals surface area contributed by atoms with Crippen LogP contribution >= 0.6 is 0 Å². The first-order chi connectivity index (χ1) is 10.9. The van der Waals surface area contributed by atoms with Crippen molar-refractivity contribution < 1.29 is 14.8 Å². The molecular weight excluding hydrogens is 294 g/mol. The van der Waals surface area contributed by atoms with Crippen LogP contribution in [0.1, 0.15) is 55.3 Å². The van der Waals surface area contributed by atoms with Crippen LogP contribution in [0.15, 0.2) is 24.3 Å². The molecule has 0 atom stereocenters. The van der Waals surface area contributed by atoms with E-state index in [4.69, 9.17) is 11.0 Å². The number of carbonyl (C=O) groups excluding carboxylic acids is 2. The molecule has 1 aromatic rings. The number of ketones is 1. The van der Waals surface area contributed by atoms with Crippen LogP contribution in [0.3, 0.4) is 0 Å². The van der Waals surface area contributed by atoms with E-state index in [9.17, 15) is 9.59 Å². The lowest BCUT2D eigenvalue weighted by Crippen LogP contribution is -2.33. The Morgan fingerprint density at radius 3 is 2.00 bits per heavy atom. The molecule has 128 valence electrons. The predicted molar refractivity (Wildman–Crippen MR) is 90.2 cm³/mol. The molecule has 0 saturated carbocycles. The molecule has 1 rings (SSSR count). The zero-order valence-electron chi connectivity index (χ0n) is 14.0. The molecule has 3 N–H and O–H groups in total. The summed E-state index contributed by atoms with van der Waals surface area (Å²) >= 11 is 0. The third-order valence-electron chi connectivity index (χ3n) is 3.76. The standard InChI is InChI=1S/C17H27N3O3/c1-19(2)15-12-10-14(11-13-15)16(21)8-6-4-3-5-7-9-17(22)20(18)23/h10-13,23H,3-9,18H2,1-2H3. The first-order valence-electron chi connectivity index (χ1n) is 7.99.